The van der Waals surface area contributed by atoms with Crippen molar-refractivity contribution < 1.29 is 30.0 Å². The van der Waals surface area contributed by atoms with Gasteiger partial charge in [0.25, 0.3) is 0 Å². The third-order valence-corrected chi connectivity index (χ3v) is 4.56. The first-order valence-electron chi connectivity index (χ1n) is 9.68. The summed E-state index contributed by atoms with van der Waals surface area (Å²) in [4.78, 5) is 10.4. The summed E-state index contributed by atoms with van der Waals surface area (Å²) in [7, 11) is 0. The smallest absolute Gasteiger partial charge is 0.303 e. The largest absolute Gasteiger partial charge is 0.481 e. The molecule has 0 aromatic rings. The molecule has 0 aromatic carbocycles. The summed E-state index contributed by atoms with van der Waals surface area (Å²) < 4.78 is 5.76. The van der Waals surface area contributed by atoms with E-state index in [1.807, 2.05) is 12.2 Å². The first kappa shape index (κ1) is 22.8. The minimum absolute atomic E-state index is 0.145. The van der Waals surface area contributed by atoms with Gasteiger partial charge in [0.05, 0.1) is 30.5 Å². The Bertz CT molecular complexity index is 448. The summed E-state index contributed by atoms with van der Waals surface area (Å²) in [5, 5.41) is 38.7. The standard InChI is InChI=1S/C20H34O6/c1-2-3-6-10-18-17(23)14-19(26-18)16(22)13-12-15(21)9-7-4-5-8-11-20(24)25/h4,7,12-13,15-19,21-23H,2-3,5-6,8-11,14H2,1H3,(H,24,25)/b7-4-,13-12-/t15-,16-,17+,18-,19-/m1/s1. The van der Waals surface area contributed by atoms with Crippen molar-refractivity contribution in [3.05, 3.63) is 24.3 Å². The fourth-order valence-corrected chi connectivity index (χ4v) is 3.01. The van der Waals surface area contributed by atoms with Crippen LogP contribution in [-0.4, -0.2) is 56.9 Å². The van der Waals surface area contributed by atoms with Crippen LogP contribution >= 0.6 is 0 Å². The summed E-state index contributed by atoms with van der Waals surface area (Å²) in [6.07, 6.45) is 10.2. The molecule has 1 rings (SSSR count). The fourth-order valence-electron chi connectivity index (χ4n) is 3.01. The average Bonchev–Trinajstić information content (AvgIpc) is 2.97. The van der Waals surface area contributed by atoms with Gasteiger partial charge in [-0.3, -0.25) is 4.79 Å². The number of carbonyl (C=O) groups is 1. The van der Waals surface area contributed by atoms with Crippen LogP contribution in [0.5, 0.6) is 0 Å². The second-order valence-corrected chi connectivity index (χ2v) is 6.95. The van der Waals surface area contributed by atoms with Crippen LogP contribution in [0.25, 0.3) is 0 Å². The highest BCUT2D eigenvalue weighted by Crippen LogP contribution is 2.27. The molecule has 0 saturated carbocycles. The van der Waals surface area contributed by atoms with Gasteiger partial charge in [0.15, 0.2) is 0 Å². The minimum Gasteiger partial charge on any atom is -0.481 e. The van der Waals surface area contributed by atoms with Crippen LogP contribution in [0, 0.1) is 0 Å². The highest BCUT2D eigenvalue weighted by Gasteiger charge is 2.36. The molecule has 4 N–H and O–H groups in total. The predicted molar refractivity (Wildman–Crippen MR) is 99.8 cm³/mol. The topological polar surface area (TPSA) is 107 Å². The number of aliphatic carboxylic acids is 1. The molecule has 0 bridgehead atoms. The van der Waals surface area contributed by atoms with Gasteiger partial charge in [-0.05, 0) is 25.7 Å². The number of aliphatic hydroxyl groups excluding tert-OH is 3. The highest BCUT2D eigenvalue weighted by molar-refractivity contribution is 5.66. The van der Waals surface area contributed by atoms with Gasteiger partial charge in [-0.2, -0.15) is 0 Å². The van der Waals surface area contributed by atoms with E-state index in [2.05, 4.69) is 6.92 Å². The van der Waals surface area contributed by atoms with Crippen LogP contribution in [0.4, 0.5) is 0 Å². The number of carboxylic acids is 1. The Morgan fingerprint density at radius 1 is 1.19 bits per heavy atom. The van der Waals surface area contributed by atoms with Crippen LogP contribution in [-0.2, 0) is 9.53 Å². The lowest BCUT2D eigenvalue weighted by Gasteiger charge is -2.17. The molecule has 1 aliphatic rings. The SMILES string of the molecule is CCCCC[C@H]1O[C@@H]([C@H](O)/C=C\[C@H](O)C/C=C\CCCC(=O)O)C[C@@H]1O. The Hall–Kier alpha value is -1.21. The van der Waals surface area contributed by atoms with E-state index in [1.54, 1.807) is 0 Å². The van der Waals surface area contributed by atoms with Crippen LogP contribution in [0.1, 0.15) is 64.7 Å². The van der Waals surface area contributed by atoms with E-state index in [4.69, 9.17) is 9.84 Å². The minimum atomic E-state index is -0.852. The summed E-state index contributed by atoms with van der Waals surface area (Å²) >= 11 is 0. The number of rotatable bonds is 13. The predicted octanol–water partition coefficient (Wildman–Crippen LogP) is 2.56. The van der Waals surface area contributed by atoms with Gasteiger partial charge < -0.3 is 25.2 Å². The van der Waals surface area contributed by atoms with Crippen LogP contribution in [0.3, 0.4) is 0 Å². The molecule has 1 saturated heterocycles. The third kappa shape index (κ3) is 9.48. The molecule has 0 unspecified atom stereocenters. The monoisotopic (exact) mass is 370 g/mol. The lowest BCUT2D eigenvalue weighted by molar-refractivity contribution is -0.137. The zero-order chi connectivity index (χ0) is 19.4. The summed E-state index contributed by atoms with van der Waals surface area (Å²) in [6, 6.07) is 0. The lowest BCUT2D eigenvalue weighted by Crippen LogP contribution is -2.25. The third-order valence-electron chi connectivity index (χ3n) is 4.56. The van der Waals surface area contributed by atoms with E-state index in [-0.39, 0.29) is 12.5 Å². The van der Waals surface area contributed by atoms with Gasteiger partial charge in [-0.1, -0.05) is 50.5 Å². The first-order valence-corrected chi connectivity index (χ1v) is 9.68. The molecular weight excluding hydrogens is 336 g/mol. The van der Waals surface area contributed by atoms with Gasteiger partial charge in [-0.25, -0.2) is 0 Å². The molecular formula is C20H34O6. The van der Waals surface area contributed by atoms with Crippen molar-refractivity contribution in [2.45, 2.75) is 95.2 Å². The molecule has 6 heteroatoms. The van der Waals surface area contributed by atoms with E-state index in [1.165, 1.54) is 12.2 Å². The lowest BCUT2D eigenvalue weighted by atomic mass is 10.0. The molecule has 1 heterocycles. The van der Waals surface area contributed by atoms with Gasteiger partial charge in [0, 0.05) is 12.8 Å². The van der Waals surface area contributed by atoms with E-state index in [0.29, 0.717) is 25.7 Å². The Labute approximate surface area is 156 Å². The number of ether oxygens (including phenoxy) is 1. The zero-order valence-corrected chi connectivity index (χ0v) is 15.7. The molecule has 0 spiro atoms. The van der Waals surface area contributed by atoms with Gasteiger partial charge >= 0.3 is 5.97 Å². The van der Waals surface area contributed by atoms with Crippen molar-refractivity contribution in [3.63, 3.8) is 0 Å². The van der Waals surface area contributed by atoms with Crippen LogP contribution in [0.15, 0.2) is 24.3 Å². The number of aliphatic hydroxyl groups is 3. The average molecular weight is 370 g/mol. The number of hydrogen-bond acceptors (Lipinski definition) is 5. The number of hydrogen-bond donors (Lipinski definition) is 4. The second kappa shape index (κ2) is 13.0. The summed E-state index contributed by atoms with van der Waals surface area (Å²) in [5.74, 6) is -0.804. The maximum Gasteiger partial charge on any atom is 0.303 e. The molecule has 1 aliphatic heterocycles. The quantitative estimate of drug-likeness (QED) is 0.293. The maximum atomic E-state index is 10.4. The molecule has 0 radical (unpaired) electrons. The molecule has 0 amide bonds. The Morgan fingerprint density at radius 3 is 2.65 bits per heavy atom. The Morgan fingerprint density at radius 2 is 1.96 bits per heavy atom. The van der Waals surface area contributed by atoms with Crippen molar-refractivity contribution >= 4 is 5.97 Å². The number of carboxylic acid groups (broad SMARTS) is 1. The number of unbranched alkanes of at least 4 members (excludes halogenated alkanes) is 3. The first-order chi connectivity index (χ1) is 12.4. The molecule has 5 atom stereocenters. The highest BCUT2D eigenvalue weighted by atomic mass is 16.5. The van der Waals surface area contributed by atoms with Gasteiger partial charge in [-0.15, -0.1) is 0 Å². The second-order valence-electron chi connectivity index (χ2n) is 6.95. The van der Waals surface area contributed by atoms with E-state index in [9.17, 15) is 20.1 Å². The maximum absolute atomic E-state index is 10.4. The molecule has 26 heavy (non-hydrogen) atoms. The van der Waals surface area contributed by atoms with Crippen LogP contribution in [0.2, 0.25) is 0 Å². The number of allylic oxidation sites excluding steroid dienone is 1. The van der Waals surface area contributed by atoms with E-state index in [0.717, 1.165) is 25.7 Å². The van der Waals surface area contributed by atoms with Crippen molar-refractivity contribution in [1.82, 2.24) is 0 Å². The van der Waals surface area contributed by atoms with Gasteiger partial charge in [0.2, 0.25) is 0 Å². The zero-order valence-electron chi connectivity index (χ0n) is 15.7. The molecule has 150 valence electrons. The molecule has 6 nitrogen and oxygen atoms in total. The fraction of sp³-hybridized carbons (Fsp3) is 0.750. The van der Waals surface area contributed by atoms with Crippen molar-refractivity contribution in [1.29, 1.82) is 0 Å². The summed E-state index contributed by atoms with van der Waals surface area (Å²) in [6.45, 7) is 2.12. The van der Waals surface area contributed by atoms with E-state index >= 15 is 0 Å². The summed E-state index contributed by atoms with van der Waals surface area (Å²) in [5.41, 5.74) is 0. The molecule has 0 aliphatic carbocycles. The van der Waals surface area contributed by atoms with Crippen molar-refractivity contribution in [2.75, 3.05) is 0 Å². The van der Waals surface area contributed by atoms with E-state index < -0.39 is 30.4 Å². The Balaban J connectivity index is 2.27. The van der Waals surface area contributed by atoms with Gasteiger partial charge in [0.1, 0.15) is 0 Å². The van der Waals surface area contributed by atoms with Crippen molar-refractivity contribution in [2.24, 2.45) is 0 Å². The Kier molecular flexibility index (Phi) is 11.4. The normalized spacial score (nSPS) is 25.9. The van der Waals surface area contributed by atoms with Crippen LogP contribution < -0.4 is 0 Å². The molecule has 1 fully saturated rings. The molecule has 0 aromatic heterocycles. The van der Waals surface area contributed by atoms with Crippen molar-refractivity contribution in [3.8, 4) is 0 Å².